The molecule has 0 amide bonds. The molecule has 0 bridgehead atoms. The van der Waals surface area contributed by atoms with E-state index in [0.29, 0.717) is 0 Å². The highest BCUT2D eigenvalue weighted by Crippen LogP contribution is 2.58. The van der Waals surface area contributed by atoms with Crippen molar-refractivity contribution in [2.45, 2.75) is 12.8 Å². The summed E-state index contributed by atoms with van der Waals surface area (Å²) in [6.07, 6.45) is 2.82. The third-order valence-electron chi connectivity index (χ3n) is 1.97. The molecule has 2 rings (SSSR count). The van der Waals surface area contributed by atoms with Crippen molar-refractivity contribution in [1.29, 1.82) is 0 Å². The number of fused-ring (bicyclic) bond motifs is 1. The van der Waals surface area contributed by atoms with Crippen molar-refractivity contribution in [1.82, 2.24) is 0 Å². The molecule has 0 aromatic heterocycles. The summed E-state index contributed by atoms with van der Waals surface area (Å²) in [5, 5.41) is 0. The van der Waals surface area contributed by atoms with Gasteiger partial charge in [-0.2, -0.15) is 0 Å². The molecule has 2 aliphatic rings. The topological polar surface area (TPSA) is 0 Å². The minimum absolute atomic E-state index is 1.00. The highest BCUT2D eigenvalue weighted by molar-refractivity contribution is 5.24. The molecule has 0 aromatic rings. The molecule has 0 aromatic carbocycles. The first-order valence-electron chi connectivity index (χ1n) is 2.55. The van der Waals surface area contributed by atoms with Crippen LogP contribution in [0.2, 0.25) is 0 Å². The summed E-state index contributed by atoms with van der Waals surface area (Å²) in [7, 11) is 0. The van der Waals surface area contributed by atoms with Crippen LogP contribution < -0.4 is 0 Å². The lowest BCUT2D eigenvalue weighted by molar-refractivity contribution is 0.624. The Balaban J connectivity index is 2.26. The van der Waals surface area contributed by atoms with Crippen LogP contribution in [-0.4, -0.2) is 0 Å². The Morgan fingerprint density at radius 1 is 1.67 bits per heavy atom. The summed E-state index contributed by atoms with van der Waals surface area (Å²) in [5.74, 6) is 2.11. The molecule has 0 aliphatic heterocycles. The fourth-order valence-corrected chi connectivity index (χ4v) is 1.30. The molecular formula is C6H8. The van der Waals surface area contributed by atoms with E-state index in [1.807, 2.05) is 0 Å². The Morgan fingerprint density at radius 3 is 2.50 bits per heavy atom. The lowest BCUT2D eigenvalue weighted by atomic mass is 9.95. The zero-order valence-corrected chi connectivity index (χ0v) is 3.78. The summed E-state index contributed by atoms with van der Waals surface area (Å²) >= 11 is 0. The largest absolute Gasteiger partial charge is 0.0996 e. The van der Waals surface area contributed by atoms with Crippen LogP contribution in [-0.2, 0) is 0 Å². The van der Waals surface area contributed by atoms with Gasteiger partial charge in [-0.05, 0) is 24.7 Å². The predicted molar refractivity (Wildman–Crippen MR) is 25.4 cm³/mol. The van der Waals surface area contributed by atoms with E-state index in [4.69, 9.17) is 0 Å². The standard InChI is InChI=1S/C6H8/c1-4-2-5-3-6(4)5/h5-6H,1-3H2. The van der Waals surface area contributed by atoms with Gasteiger partial charge in [0.2, 0.25) is 0 Å². The average Bonchev–Trinajstić information content (AvgIpc) is 2.12. The summed E-state index contributed by atoms with van der Waals surface area (Å²) in [6, 6.07) is 0. The molecule has 2 fully saturated rings. The molecule has 0 N–H and O–H groups in total. The van der Waals surface area contributed by atoms with Crippen molar-refractivity contribution in [2.24, 2.45) is 11.8 Å². The van der Waals surface area contributed by atoms with Gasteiger partial charge in [0.05, 0.1) is 0 Å². The Labute approximate surface area is 37.9 Å². The maximum Gasteiger partial charge on any atom is -0.0171 e. The second-order valence-electron chi connectivity index (χ2n) is 2.46. The minimum Gasteiger partial charge on any atom is -0.0996 e. The van der Waals surface area contributed by atoms with E-state index in [-0.39, 0.29) is 0 Å². The zero-order valence-electron chi connectivity index (χ0n) is 3.78. The van der Waals surface area contributed by atoms with Gasteiger partial charge in [0.15, 0.2) is 0 Å². The van der Waals surface area contributed by atoms with E-state index in [2.05, 4.69) is 6.58 Å². The van der Waals surface area contributed by atoms with Crippen molar-refractivity contribution in [2.75, 3.05) is 0 Å². The van der Waals surface area contributed by atoms with E-state index in [1.165, 1.54) is 18.4 Å². The molecule has 6 heavy (non-hydrogen) atoms. The second kappa shape index (κ2) is 0.575. The van der Waals surface area contributed by atoms with Gasteiger partial charge in [0.1, 0.15) is 0 Å². The first-order chi connectivity index (χ1) is 2.88. The van der Waals surface area contributed by atoms with E-state index >= 15 is 0 Å². The van der Waals surface area contributed by atoms with Crippen LogP contribution in [0.1, 0.15) is 12.8 Å². The Kier molecular flexibility index (Phi) is 0.272. The van der Waals surface area contributed by atoms with Crippen molar-refractivity contribution < 1.29 is 0 Å². The van der Waals surface area contributed by atoms with Crippen molar-refractivity contribution >= 4 is 0 Å². The highest BCUT2D eigenvalue weighted by Gasteiger charge is 2.47. The molecular weight excluding hydrogens is 72.1 g/mol. The molecule has 0 heterocycles. The molecule has 0 radical (unpaired) electrons. The first kappa shape index (κ1) is 2.84. The summed E-state index contributed by atoms with van der Waals surface area (Å²) in [5.41, 5.74) is 1.51. The lowest BCUT2D eigenvalue weighted by Gasteiger charge is -2.11. The highest BCUT2D eigenvalue weighted by atomic mass is 14.5. The van der Waals surface area contributed by atoms with E-state index in [0.717, 1.165) is 11.8 Å². The molecule has 0 heteroatoms. The van der Waals surface area contributed by atoms with Gasteiger partial charge in [-0.3, -0.25) is 0 Å². The molecule has 0 nitrogen and oxygen atoms in total. The number of rotatable bonds is 0. The SMILES string of the molecule is C=C1CC2CC12. The quantitative estimate of drug-likeness (QED) is 0.387. The minimum atomic E-state index is 1.00. The molecule has 2 atom stereocenters. The van der Waals surface area contributed by atoms with E-state index in [1.54, 1.807) is 0 Å². The summed E-state index contributed by atoms with van der Waals surface area (Å²) in [4.78, 5) is 0. The monoisotopic (exact) mass is 80.1 g/mol. The Morgan fingerprint density at radius 2 is 2.50 bits per heavy atom. The smallest absolute Gasteiger partial charge is 0.0171 e. The predicted octanol–water partition coefficient (Wildman–Crippen LogP) is 1.58. The molecule has 32 valence electrons. The van der Waals surface area contributed by atoms with Gasteiger partial charge in [0.25, 0.3) is 0 Å². The van der Waals surface area contributed by atoms with Crippen molar-refractivity contribution in [3.63, 3.8) is 0 Å². The molecule has 0 spiro atoms. The molecule has 0 saturated heterocycles. The third-order valence-corrected chi connectivity index (χ3v) is 1.97. The third kappa shape index (κ3) is 0.149. The lowest BCUT2D eigenvalue weighted by Crippen LogP contribution is -1.98. The van der Waals surface area contributed by atoms with E-state index < -0.39 is 0 Å². The second-order valence-corrected chi connectivity index (χ2v) is 2.46. The van der Waals surface area contributed by atoms with Gasteiger partial charge in [-0.1, -0.05) is 12.2 Å². The number of allylic oxidation sites excluding steroid dienone is 1. The maximum atomic E-state index is 3.88. The molecule has 2 saturated carbocycles. The molecule has 2 aliphatic carbocycles. The summed E-state index contributed by atoms with van der Waals surface area (Å²) in [6.45, 7) is 3.88. The zero-order chi connectivity index (χ0) is 4.15. The Bertz CT molecular complexity index is 103. The van der Waals surface area contributed by atoms with Crippen LogP contribution in [0, 0.1) is 11.8 Å². The van der Waals surface area contributed by atoms with Crippen molar-refractivity contribution in [3.05, 3.63) is 12.2 Å². The van der Waals surface area contributed by atoms with Gasteiger partial charge < -0.3 is 0 Å². The van der Waals surface area contributed by atoms with Gasteiger partial charge in [0, 0.05) is 0 Å². The number of hydrogen-bond donors (Lipinski definition) is 0. The normalized spacial score (nSPS) is 50.3. The van der Waals surface area contributed by atoms with Crippen LogP contribution >= 0.6 is 0 Å². The maximum absolute atomic E-state index is 3.88. The van der Waals surface area contributed by atoms with Crippen LogP contribution in [0.4, 0.5) is 0 Å². The van der Waals surface area contributed by atoms with Crippen LogP contribution in [0.15, 0.2) is 12.2 Å². The fourth-order valence-electron chi connectivity index (χ4n) is 1.30. The van der Waals surface area contributed by atoms with E-state index in [9.17, 15) is 0 Å². The fraction of sp³-hybridized carbons (Fsp3) is 0.667. The number of hydrogen-bond acceptors (Lipinski definition) is 0. The summed E-state index contributed by atoms with van der Waals surface area (Å²) < 4.78 is 0. The first-order valence-corrected chi connectivity index (χ1v) is 2.55. The Hall–Kier alpha value is -0.260. The average molecular weight is 80.1 g/mol. The van der Waals surface area contributed by atoms with Crippen LogP contribution in [0.3, 0.4) is 0 Å². The van der Waals surface area contributed by atoms with Crippen LogP contribution in [0.25, 0.3) is 0 Å². The van der Waals surface area contributed by atoms with Gasteiger partial charge in [-0.15, -0.1) is 0 Å². The van der Waals surface area contributed by atoms with Gasteiger partial charge in [-0.25, -0.2) is 0 Å². The molecule has 2 unspecified atom stereocenters. The van der Waals surface area contributed by atoms with Crippen LogP contribution in [0.5, 0.6) is 0 Å². The van der Waals surface area contributed by atoms with Gasteiger partial charge >= 0.3 is 0 Å². The van der Waals surface area contributed by atoms with Crippen molar-refractivity contribution in [3.8, 4) is 0 Å².